The summed E-state index contributed by atoms with van der Waals surface area (Å²) in [6.45, 7) is 6.62. The molecule has 0 aliphatic carbocycles. The second kappa shape index (κ2) is 5.34. The monoisotopic (exact) mass is 208 g/mol. The molecule has 4 nitrogen and oxygen atoms in total. The van der Waals surface area contributed by atoms with Crippen molar-refractivity contribution < 1.29 is 9.53 Å². The lowest BCUT2D eigenvalue weighted by Crippen LogP contribution is -2.23. The fraction of sp³-hybridized carbons (Fsp3) is 0.455. The lowest BCUT2D eigenvalue weighted by molar-refractivity contribution is 0.140. The van der Waals surface area contributed by atoms with Crippen LogP contribution in [0.5, 0.6) is 0 Å². The third-order valence-corrected chi connectivity index (χ3v) is 2.09. The van der Waals surface area contributed by atoms with Crippen LogP contribution in [0.1, 0.15) is 23.7 Å². The summed E-state index contributed by atoms with van der Waals surface area (Å²) >= 11 is 0. The van der Waals surface area contributed by atoms with Gasteiger partial charge < -0.3 is 10.1 Å². The van der Waals surface area contributed by atoms with E-state index >= 15 is 0 Å². The SMILES string of the molecule is CCNC(=O)OCc1cnc(C)c(C)c1. The Morgan fingerprint density at radius 1 is 1.53 bits per heavy atom. The third-order valence-electron chi connectivity index (χ3n) is 2.09. The number of nitrogens with zero attached hydrogens (tertiary/aromatic N) is 1. The summed E-state index contributed by atoms with van der Waals surface area (Å²) in [4.78, 5) is 15.2. The molecule has 0 radical (unpaired) electrons. The van der Waals surface area contributed by atoms with Crippen LogP contribution in [0.3, 0.4) is 0 Å². The van der Waals surface area contributed by atoms with Crippen molar-refractivity contribution in [1.82, 2.24) is 10.3 Å². The number of nitrogens with one attached hydrogen (secondary N) is 1. The normalized spacial score (nSPS) is 9.80. The van der Waals surface area contributed by atoms with Crippen LogP contribution in [0.15, 0.2) is 12.3 Å². The number of pyridine rings is 1. The maximum atomic E-state index is 11.0. The minimum atomic E-state index is -0.393. The Balaban J connectivity index is 2.51. The maximum Gasteiger partial charge on any atom is 0.407 e. The topological polar surface area (TPSA) is 51.2 Å². The van der Waals surface area contributed by atoms with Gasteiger partial charge in [0, 0.05) is 24.0 Å². The molecule has 0 aliphatic heterocycles. The van der Waals surface area contributed by atoms with Gasteiger partial charge in [0.1, 0.15) is 6.61 Å². The second-order valence-corrected chi connectivity index (χ2v) is 3.35. The molecule has 0 unspecified atom stereocenters. The van der Waals surface area contributed by atoms with E-state index in [1.54, 1.807) is 6.20 Å². The van der Waals surface area contributed by atoms with Gasteiger partial charge in [-0.25, -0.2) is 4.79 Å². The number of carbonyl (C=O) groups excluding carboxylic acids is 1. The molecule has 1 aromatic heterocycles. The standard InChI is InChI=1S/C11H16N2O2/c1-4-12-11(14)15-7-10-5-8(2)9(3)13-6-10/h5-6H,4,7H2,1-3H3,(H,12,14). The number of ether oxygens (including phenoxy) is 1. The van der Waals surface area contributed by atoms with Crippen molar-refractivity contribution in [2.45, 2.75) is 27.4 Å². The van der Waals surface area contributed by atoms with Crippen molar-refractivity contribution in [1.29, 1.82) is 0 Å². The molecule has 0 atom stereocenters. The Morgan fingerprint density at radius 3 is 2.87 bits per heavy atom. The molecule has 0 saturated heterocycles. The van der Waals surface area contributed by atoms with Crippen molar-refractivity contribution in [2.75, 3.05) is 6.54 Å². The summed E-state index contributed by atoms with van der Waals surface area (Å²) in [5.74, 6) is 0. The highest BCUT2D eigenvalue weighted by molar-refractivity contribution is 5.66. The van der Waals surface area contributed by atoms with Crippen LogP contribution >= 0.6 is 0 Å². The highest BCUT2D eigenvalue weighted by Crippen LogP contribution is 2.07. The van der Waals surface area contributed by atoms with Crippen LogP contribution in [0.25, 0.3) is 0 Å². The van der Waals surface area contributed by atoms with Gasteiger partial charge in [0.05, 0.1) is 0 Å². The summed E-state index contributed by atoms with van der Waals surface area (Å²) < 4.78 is 4.97. The number of aromatic nitrogens is 1. The fourth-order valence-corrected chi connectivity index (χ4v) is 1.12. The molecule has 4 heteroatoms. The van der Waals surface area contributed by atoms with E-state index < -0.39 is 6.09 Å². The molecule has 0 fully saturated rings. The molecule has 1 aromatic rings. The van der Waals surface area contributed by atoms with E-state index in [1.807, 2.05) is 26.8 Å². The fourth-order valence-electron chi connectivity index (χ4n) is 1.12. The zero-order valence-electron chi connectivity index (χ0n) is 9.33. The van der Waals surface area contributed by atoms with Crippen LogP contribution in [0.2, 0.25) is 0 Å². The first-order chi connectivity index (χ1) is 7.13. The zero-order valence-corrected chi connectivity index (χ0v) is 9.33. The smallest absolute Gasteiger partial charge is 0.407 e. The molecule has 1 N–H and O–H groups in total. The van der Waals surface area contributed by atoms with E-state index in [0.717, 1.165) is 16.8 Å². The molecule has 1 amide bonds. The van der Waals surface area contributed by atoms with Crippen molar-refractivity contribution in [3.8, 4) is 0 Å². The molecular weight excluding hydrogens is 192 g/mol. The highest BCUT2D eigenvalue weighted by atomic mass is 16.5. The Bertz CT molecular complexity index is 350. The molecule has 15 heavy (non-hydrogen) atoms. The molecule has 0 spiro atoms. The summed E-state index contributed by atoms with van der Waals surface area (Å²) in [5, 5.41) is 2.56. The predicted octanol–water partition coefficient (Wildman–Crippen LogP) is 1.94. The molecule has 0 aliphatic rings. The molecular formula is C11H16N2O2. The maximum absolute atomic E-state index is 11.0. The summed E-state index contributed by atoms with van der Waals surface area (Å²) in [7, 11) is 0. The van der Waals surface area contributed by atoms with Gasteiger partial charge in [-0.15, -0.1) is 0 Å². The van der Waals surface area contributed by atoms with Gasteiger partial charge in [-0.2, -0.15) is 0 Å². The Labute approximate surface area is 89.7 Å². The lowest BCUT2D eigenvalue weighted by Gasteiger charge is -2.06. The number of hydrogen-bond acceptors (Lipinski definition) is 3. The van der Waals surface area contributed by atoms with Gasteiger partial charge in [0.25, 0.3) is 0 Å². The van der Waals surface area contributed by atoms with Gasteiger partial charge >= 0.3 is 6.09 Å². The van der Waals surface area contributed by atoms with Crippen LogP contribution in [0, 0.1) is 13.8 Å². The van der Waals surface area contributed by atoms with Gasteiger partial charge in [0.15, 0.2) is 0 Å². The first kappa shape index (κ1) is 11.5. The molecule has 1 rings (SSSR count). The molecule has 82 valence electrons. The van der Waals surface area contributed by atoms with E-state index in [0.29, 0.717) is 6.54 Å². The van der Waals surface area contributed by atoms with Crippen LogP contribution in [0.4, 0.5) is 4.79 Å². The van der Waals surface area contributed by atoms with Crippen LogP contribution < -0.4 is 5.32 Å². The van der Waals surface area contributed by atoms with Gasteiger partial charge in [0.2, 0.25) is 0 Å². The van der Waals surface area contributed by atoms with Crippen LogP contribution in [-0.4, -0.2) is 17.6 Å². The van der Waals surface area contributed by atoms with Gasteiger partial charge in [-0.3, -0.25) is 4.98 Å². The Hall–Kier alpha value is -1.58. The number of rotatable bonds is 3. The first-order valence-corrected chi connectivity index (χ1v) is 4.96. The summed E-state index contributed by atoms with van der Waals surface area (Å²) in [6, 6.07) is 1.97. The number of aryl methyl sites for hydroxylation is 2. The van der Waals surface area contributed by atoms with E-state index in [2.05, 4.69) is 10.3 Å². The molecule has 0 aromatic carbocycles. The largest absolute Gasteiger partial charge is 0.445 e. The second-order valence-electron chi connectivity index (χ2n) is 3.35. The van der Waals surface area contributed by atoms with Crippen molar-refractivity contribution >= 4 is 6.09 Å². The quantitative estimate of drug-likeness (QED) is 0.825. The summed E-state index contributed by atoms with van der Waals surface area (Å²) in [6.07, 6.45) is 1.33. The predicted molar refractivity (Wildman–Crippen MR) is 57.6 cm³/mol. The first-order valence-electron chi connectivity index (χ1n) is 4.96. The number of alkyl carbamates (subject to hydrolysis) is 1. The minimum absolute atomic E-state index is 0.264. The molecule has 0 saturated carbocycles. The van der Waals surface area contributed by atoms with E-state index in [4.69, 9.17) is 4.74 Å². The Morgan fingerprint density at radius 2 is 2.27 bits per heavy atom. The average Bonchev–Trinajstić information content (AvgIpc) is 2.20. The summed E-state index contributed by atoms with van der Waals surface area (Å²) in [5.41, 5.74) is 3.01. The van der Waals surface area contributed by atoms with E-state index in [1.165, 1.54) is 0 Å². The van der Waals surface area contributed by atoms with Gasteiger partial charge in [-0.1, -0.05) is 0 Å². The lowest BCUT2D eigenvalue weighted by atomic mass is 10.2. The minimum Gasteiger partial charge on any atom is -0.445 e. The molecule has 1 heterocycles. The van der Waals surface area contributed by atoms with Crippen molar-refractivity contribution in [2.24, 2.45) is 0 Å². The van der Waals surface area contributed by atoms with Gasteiger partial charge in [-0.05, 0) is 32.4 Å². The van der Waals surface area contributed by atoms with Crippen molar-refractivity contribution in [3.63, 3.8) is 0 Å². The van der Waals surface area contributed by atoms with Crippen LogP contribution in [-0.2, 0) is 11.3 Å². The zero-order chi connectivity index (χ0) is 11.3. The number of amides is 1. The third kappa shape index (κ3) is 3.58. The molecule has 0 bridgehead atoms. The number of hydrogen-bond donors (Lipinski definition) is 1. The number of carbonyl (C=O) groups is 1. The average molecular weight is 208 g/mol. The van der Waals surface area contributed by atoms with E-state index in [9.17, 15) is 4.79 Å². The Kier molecular flexibility index (Phi) is 4.09. The van der Waals surface area contributed by atoms with Crippen molar-refractivity contribution in [3.05, 3.63) is 29.1 Å². The highest BCUT2D eigenvalue weighted by Gasteiger charge is 2.02. The van der Waals surface area contributed by atoms with E-state index in [-0.39, 0.29) is 6.61 Å².